The van der Waals surface area contributed by atoms with Crippen LogP contribution in [-0.2, 0) is 4.79 Å². The van der Waals surface area contributed by atoms with E-state index in [-0.39, 0.29) is 18.4 Å². The number of amides is 1. The summed E-state index contributed by atoms with van der Waals surface area (Å²) >= 11 is 1.53. The lowest BCUT2D eigenvalue weighted by molar-refractivity contribution is -0.122. The molecule has 2 aromatic carbocycles. The van der Waals surface area contributed by atoms with Crippen LogP contribution in [0.25, 0.3) is 0 Å². The molecule has 0 aliphatic rings. The van der Waals surface area contributed by atoms with Crippen LogP contribution in [0.2, 0.25) is 0 Å². The Bertz CT molecular complexity index is 717. The van der Waals surface area contributed by atoms with Gasteiger partial charge in [-0.15, -0.1) is 0 Å². The summed E-state index contributed by atoms with van der Waals surface area (Å²) in [7, 11) is 0. The quantitative estimate of drug-likeness (QED) is 0.720. The average molecular weight is 337 g/mol. The number of carbonyl (C=O) groups is 1. The molecule has 0 aliphatic carbocycles. The molecule has 0 fully saturated rings. The molecule has 1 aromatic heterocycles. The Morgan fingerprint density at radius 2 is 1.50 bits per heavy atom. The van der Waals surface area contributed by atoms with Crippen LogP contribution in [-0.4, -0.2) is 17.6 Å². The van der Waals surface area contributed by atoms with Crippen LogP contribution in [0.15, 0.2) is 77.5 Å². The number of rotatable bonds is 6. The van der Waals surface area contributed by atoms with Gasteiger partial charge in [-0.25, -0.2) is 0 Å². The van der Waals surface area contributed by atoms with E-state index in [0.29, 0.717) is 0 Å². The number of carbonyl (C=O) groups excluding carboxylic acids is 1. The summed E-state index contributed by atoms with van der Waals surface area (Å²) in [5, 5.41) is 16.9. The van der Waals surface area contributed by atoms with Crippen molar-refractivity contribution in [1.29, 1.82) is 0 Å². The Morgan fingerprint density at radius 3 is 2.00 bits per heavy atom. The molecule has 0 saturated heterocycles. The van der Waals surface area contributed by atoms with Crippen molar-refractivity contribution in [2.45, 2.75) is 12.0 Å². The third-order valence-electron chi connectivity index (χ3n) is 3.93. The Balaban J connectivity index is 1.77. The first-order valence-corrected chi connectivity index (χ1v) is 8.78. The number of aliphatic hydroxyl groups excluding tert-OH is 1. The maximum atomic E-state index is 12.8. The summed E-state index contributed by atoms with van der Waals surface area (Å²) in [5.74, 6) is -0.497. The Labute approximate surface area is 145 Å². The molecule has 3 aromatic rings. The zero-order valence-corrected chi connectivity index (χ0v) is 13.9. The van der Waals surface area contributed by atoms with Gasteiger partial charge in [-0.3, -0.25) is 4.79 Å². The standard InChI is InChI=1S/C20H19NO2S/c22-18(17-11-12-24-14-17)13-21-20(23)19(15-7-3-1-4-8-15)16-9-5-2-6-10-16/h1-12,14,18-19,22H,13H2,(H,21,23). The summed E-state index contributed by atoms with van der Waals surface area (Å²) in [5.41, 5.74) is 2.70. The van der Waals surface area contributed by atoms with Crippen LogP contribution in [0.4, 0.5) is 0 Å². The third-order valence-corrected chi connectivity index (χ3v) is 4.63. The molecule has 1 amide bonds. The average Bonchev–Trinajstić information content (AvgIpc) is 3.16. The second kappa shape index (κ2) is 7.90. The number of benzene rings is 2. The fourth-order valence-electron chi connectivity index (χ4n) is 2.67. The van der Waals surface area contributed by atoms with Gasteiger partial charge in [-0.2, -0.15) is 11.3 Å². The molecule has 1 atom stereocenters. The van der Waals surface area contributed by atoms with Gasteiger partial charge in [-0.05, 0) is 33.5 Å². The number of aliphatic hydroxyl groups is 1. The highest BCUT2D eigenvalue weighted by molar-refractivity contribution is 7.07. The topological polar surface area (TPSA) is 49.3 Å². The fourth-order valence-corrected chi connectivity index (χ4v) is 3.38. The van der Waals surface area contributed by atoms with Gasteiger partial charge < -0.3 is 10.4 Å². The van der Waals surface area contributed by atoms with E-state index < -0.39 is 6.10 Å². The van der Waals surface area contributed by atoms with E-state index in [1.165, 1.54) is 11.3 Å². The largest absolute Gasteiger partial charge is 0.387 e. The molecular weight excluding hydrogens is 318 g/mol. The van der Waals surface area contributed by atoms with Crippen molar-refractivity contribution in [2.24, 2.45) is 0 Å². The van der Waals surface area contributed by atoms with Gasteiger partial charge in [0.15, 0.2) is 0 Å². The zero-order valence-electron chi connectivity index (χ0n) is 13.1. The van der Waals surface area contributed by atoms with Crippen molar-refractivity contribution in [1.82, 2.24) is 5.32 Å². The molecule has 4 heteroatoms. The Morgan fingerprint density at radius 1 is 0.917 bits per heavy atom. The van der Waals surface area contributed by atoms with Crippen molar-refractivity contribution < 1.29 is 9.90 Å². The van der Waals surface area contributed by atoms with Gasteiger partial charge in [0, 0.05) is 6.54 Å². The molecule has 0 spiro atoms. The summed E-state index contributed by atoms with van der Waals surface area (Å²) in [6, 6.07) is 21.3. The lowest BCUT2D eigenvalue weighted by Crippen LogP contribution is -2.33. The first-order chi connectivity index (χ1) is 11.8. The SMILES string of the molecule is O=C(NCC(O)c1ccsc1)C(c1ccccc1)c1ccccc1. The van der Waals surface area contributed by atoms with Gasteiger partial charge in [0.05, 0.1) is 12.0 Å². The molecule has 0 saturated carbocycles. The molecule has 0 radical (unpaired) electrons. The van der Waals surface area contributed by atoms with Crippen molar-refractivity contribution in [3.05, 3.63) is 94.2 Å². The van der Waals surface area contributed by atoms with E-state index >= 15 is 0 Å². The summed E-state index contributed by atoms with van der Waals surface area (Å²) in [6.07, 6.45) is -0.688. The monoisotopic (exact) mass is 337 g/mol. The first kappa shape index (κ1) is 16.4. The molecule has 24 heavy (non-hydrogen) atoms. The Kier molecular flexibility index (Phi) is 5.41. The van der Waals surface area contributed by atoms with E-state index in [4.69, 9.17) is 0 Å². The van der Waals surface area contributed by atoms with E-state index in [9.17, 15) is 9.90 Å². The van der Waals surface area contributed by atoms with E-state index in [1.807, 2.05) is 77.5 Å². The predicted octanol–water partition coefficient (Wildman–Crippen LogP) is 3.73. The molecule has 2 N–H and O–H groups in total. The number of hydrogen-bond donors (Lipinski definition) is 2. The number of hydrogen-bond acceptors (Lipinski definition) is 3. The second-order valence-corrected chi connectivity index (χ2v) is 6.35. The van der Waals surface area contributed by atoms with Crippen LogP contribution >= 0.6 is 11.3 Å². The lowest BCUT2D eigenvalue weighted by Gasteiger charge is -2.19. The summed E-state index contributed by atoms with van der Waals surface area (Å²) in [4.78, 5) is 12.8. The third kappa shape index (κ3) is 3.91. The smallest absolute Gasteiger partial charge is 0.232 e. The number of thiophene rings is 1. The molecule has 122 valence electrons. The molecule has 1 unspecified atom stereocenters. The normalized spacial score (nSPS) is 12.1. The minimum Gasteiger partial charge on any atom is -0.387 e. The highest BCUT2D eigenvalue weighted by Gasteiger charge is 2.23. The van der Waals surface area contributed by atoms with Gasteiger partial charge in [0.1, 0.15) is 0 Å². The fraction of sp³-hybridized carbons (Fsp3) is 0.150. The van der Waals surface area contributed by atoms with Crippen LogP contribution in [0.5, 0.6) is 0 Å². The van der Waals surface area contributed by atoms with Crippen LogP contribution in [0.3, 0.4) is 0 Å². The van der Waals surface area contributed by atoms with Gasteiger partial charge >= 0.3 is 0 Å². The van der Waals surface area contributed by atoms with Crippen molar-refractivity contribution in [2.75, 3.05) is 6.54 Å². The molecule has 0 bridgehead atoms. The predicted molar refractivity (Wildman–Crippen MR) is 97.0 cm³/mol. The highest BCUT2D eigenvalue weighted by atomic mass is 32.1. The van der Waals surface area contributed by atoms with Crippen LogP contribution in [0.1, 0.15) is 28.7 Å². The van der Waals surface area contributed by atoms with Crippen LogP contribution in [0, 0.1) is 0 Å². The van der Waals surface area contributed by atoms with Gasteiger partial charge in [0.2, 0.25) is 5.91 Å². The highest BCUT2D eigenvalue weighted by Crippen LogP contribution is 2.25. The minimum absolute atomic E-state index is 0.110. The van der Waals surface area contributed by atoms with Gasteiger partial charge in [0.25, 0.3) is 0 Å². The van der Waals surface area contributed by atoms with E-state index in [2.05, 4.69) is 5.32 Å². The van der Waals surface area contributed by atoms with Gasteiger partial charge in [-0.1, -0.05) is 60.7 Å². The summed E-state index contributed by atoms with van der Waals surface area (Å²) < 4.78 is 0. The molecule has 1 heterocycles. The minimum atomic E-state index is -0.688. The van der Waals surface area contributed by atoms with Crippen LogP contribution < -0.4 is 5.32 Å². The maximum Gasteiger partial charge on any atom is 0.232 e. The maximum absolute atomic E-state index is 12.8. The second-order valence-electron chi connectivity index (χ2n) is 5.57. The zero-order chi connectivity index (χ0) is 16.8. The summed E-state index contributed by atoms with van der Waals surface area (Å²) in [6.45, 7) is 0.200. The van der Waals surface area contributed by atoms with E-state index in [1.54, 1.807) is 0 Å². The molecular formula is C20H19NO2S. The van der Waals surface area contributed by atoms with Crippen molar-refractivity contribution >= 4 is 17.2 Å². The number of nitrogens with one attached hydrogen (secondary N) is 1. The van der Waals surface area contributed by atoms with Crippen molar-refractivity contribution in [3.63, 3.8) is 0 Å². The molecule has 3 nitrogen and oxygen atoms in total. The Hall–Kier alpha value is -2.43. The molecule has 0 aliphatic heterocycles. The first-order valence-electron chi connectivity index (χ1n) is 7.83. The van der Waals surface area contributed by atoms with Crippen molar-refractivity contribution in [3.8, 4) is 0 Å². The lowest BCUT2D eigenvalue weighted by atomic mass is 9.90. The molecule has 3 rings (SSSR count). The van der Waals surface area contributed by atoms with E-state index in [0.717, 1.165) is 16.7 Å².